The summed E-state index contributed by atoms with van der Waals surface area (Å²) in [6.07, 6.45) is 1.50. The predicted molar refractivity (Wildman–Crippen MR) is 84.8 cm³/mol. The topological polar surface area (TPSA) is 84.7 Å². The van der Waals surface area contributed by atoms with E-state index in [0.717, 1.165) is 18.7 Å². The molecule has 1 aliphatic rings. The van der Waals surface area contributed by atoms with E-state index in [1.54, 1.807) is 17.0 Å². The molecular weight excluding hydrogens is 282 g/mol. The molecule has 6 heteroatoms. The van der Waals surface area contributed by atoms with Crippen LogP contribution in [0.25, 0.3) is 0 Å². The third kappa shape index (κ3) is 4.73. The molecule has 1 aromatic rings. The molecule has 1 saturated heterocycles. The molecule has 1 heterocycles. The summed E-state index contributed by atoms with van der Waals surface area (Å²) in [5.74, 6) is 0.535. The molecule has 0 atom stereocenters. The largest absolute Gasteiger partial charge is 0.484 e. The van der Waals surface area contributed by atoms with E-state index >= 15 is 0 Å². The van der Waals surface area contributed by atoms with Gasteiger partial charge in [-0.3, -0.25) is 9.59 Å². The Balaban J connectivity index is 1.81. The van der Waals surface area contributed by atoms with Crippen molar-refractivity contribution < 1.29 is 14.3 Å². The summed E-state index contributed by atoms with van der Waals surface area (Å²) in [5, 5.41) is 2.71. The fourth-order valence-electron chi connectivity index (χ4n) is 2.17. The highest BCUT2D eigenvalue weighted by molar-refractivity contribution is 5.95. The number of carbonyl (C=O) groups is 2. The second-order valence-corrected chi connectivity index (χ2v) is 6.20. The van der Waals surface area contributed by atoms with Gasteiger partial charge >= 0.3 is 0 Å². The number of nitrogens with one attached hydrogen (secondary N) is 1. The fourth-order valence-corrected chi connectivity index (χ4v) is 2.17. The van der Waals surface area contributed by atoms with Crippen molar-refractivity contribution in [3.05, 3.63) is 24.3 Å². The highest BCUT2D eigenvalue weighted by atomic mass is 16.5. The number of nitrogens with zero attached hydrogens (tertiary/aromatic N) is 1. The molecule has 1 aliphatic heterocycles. The van der Waals surface area contributed by atoms with E-state index in [2.05, 4.69) is 5.32 Å². The summed E-state index contributed by atoms with van der Waals surface area (Å²) >= 11 is 0. The van der Waals surface area contributed by atoms with E-state index in [-0.39, 0.29) is 18.4 Å². The highest BCUT2D eigenvalue weighted by Gasteiger charge is 2.21. The van der Waals surface area contributed by atoms with Gasteiger partial charge in [0, 0.05) is 30.7 Å². The van der Waals surface area contributed by atoms with Gasteiger partial charge in [0.25, 0.3) is 5.91 Å². The first-order valence-corrected chi connectivity index (χ1v) is 7.44. The second kappa shape index (κ2) is 6.79. The summed E-state index contributed by atoms with van der Waals surface area (Å²) in [4.78, 5) is 25.1. The zero-order chi connectivity index (χ0) is 16.2. The minimum atomic E-state index is -0.445. The second-order valence-electron chi connectivity index (χ2n) is 6.20. The molecule has 22 heavy (non-hydrogen) atoms. The normalized spacial score (nSPS) is 15.0. The first-order valence-electron chi connectivity index (χ1n) is 7.44. The van der Waals surface area contributed by atoms with E-state index in [9.17, 15) is 9.59 Å². The van der Waals surface area contributed by atoms with Crippen LogP contribution in [-0.4, -0.2) is 37.0 Å². The number of ether oxygens (including phenoxy) is 1. The molecule has 1 aromatic carbocycles. The maximum atomic E-state index is 11.7. The average Bonchev–Trinajstić information content (AvgIpc) is 2.89. The van der Waals surface area contributed by atoms with Crippen LogP contribution in [0.1, 0.15) is 26.7 Å². The van der Waals surface area contributed by atoms with Crippen molar-refractivity contribution in [2.45, 2.75) is 32.2 Å². The minimum absolute atomic E-state index is 0.0575. The molecule has 0 radical (unpaired) electrons. The standard InChI is InChI=1S/C16H23N3O3/c1-16(2,17)11-18-14(20)10-22-13-7-5-12(6-8-13)19-9-3-4-15(19)21/h5-8H,3-4,9-11,17H2,1-2H3,(H,18,20). The molecular formula is C16H23N3O3. The van der Waals surface area contributed by atoms with Crippen LogP contribution in [0.15, 0.2) is 24.3 Å². The zero-order valence-electron chi connectivity index (χ0n) is 13.1. The van der Waals surface area contributed by atoms with Gasteiger partial charge in [0.15, 0.2) is 6.61 Å². The van der Waals surface area contributed by atoms with Crippen molar-refractivity contribution in [1.82, 2.24) is 5.32 Å². The van der Waals surface area contributed by atoms with Gasteiger partial charge in [-0.25, -0.2) is 0 Å². The summed E-state index contributed by atoms with van der Waals surface area (Å²) < 4.78 is 5.42. The van der Waals surface area contributed by atoms with Gasteiger partial charge in [-0.15, -0.1) is 0 Å². The molecule has 0 bridgehead atoms. The summed E-state index contributed by atoms with van der Waals surface area (Å²) in [7, 11) is 0. The molecule has 0 spiro atoms. The number of carbonyl (C=O) groups excluding carboxylic acids is 2. The Morgan fingerprint density at radius 2 is 2.05 bits per heavy atom. The van der Waals surface area contributed by atoms with Crippen LogP contribution in [0.5, 0.6) is 5.75 Å². The molecule has 6 nitrogen and oxygen atoms in total. The van der Waals surface area contributed by atoms with E-state index in [1.807, 2.05) is 26.0 Å². The molecule has 0 aromatic heterocycles. The number of rotatable bonds is 6. The number of anilines is 1. The molecule has 0 aliphatic carbocycles. The molecule has 0 unspecified atom stereocenters. The first-order chi connectivity index (χ1) is 10.3. The van der Waals surface area contributed by atoms with Crippen molar-refractivity contribution in [3.63, 3.8) is 0 Å². The monoisotopic (exact) mass is 305 g/mol. The van der Waals surface area contributed by atoms with E-state index in [0.29, 0.717) is 18.7 Å². The van der Waals surface area contributed by atoms with Gasteiger partial charge in [-0.2, -0.15) is 0 Å². The van der Waals surface area contributed by atoms with Crippen LogP contribution in [0, 0.1) is 0 Å². The quantitative estimate of drug-likeness (QED) is 0.822. The van der Waals surface area contributed by atoms with E-state index < -0.39 is 5.54 Å². The van der Waals surface area contributed by atoms with E-state index in [1.165, 1.54) is 0 Å². The molecule has 0 saturated carbocycles. The Morgan fingerprint density at radius 1 is 1.36 bits per heavy atom. The first kappa shape index (κ1) is 16.3. The number of nitrogens with two attached hydrogens (primary N) is 1. The molecule has 2 rings (SSSR count). The number of amides is 2. The Morgan fingerprint density at radius 3 is 2.59 bits per heavy atom. The van der Waals surface area contributed by atoms with Crippen LogP contribution in [0.3, 0.4) is 0 Å². The van der Waals surface area contributed by atoms with Crippen molar-refractivity contribution in [2.24, 2.45) is 5.73 Å². The van der Waals surface area contributed by atoms with Gasteiger partial charge in [-0.05, 0) is 44.5 Å². The summed E-state index contributed by atoms with van der Waals surface area (Å²) in [6, 6.07) is 7.20. The predicted octanol–water partition coefficient (Wildman–Crippen LogP) is 1.05. The Hall–Kier alpha value is -2.08. The lowest BCUT2D eigenvalue weighted by atomic mass is 10.1. The summed E-state index contributed by atoms with van der Waals surface area (Å²) in [5.41, 5.74) is 6.21. The van der Waals surface area contributed by atoms with Gasteiger partial charge in [0.05, 0.1) is 0 Å². The minimum Gasteiger partial charge on any atom is -0.484 e. The van der Waals surface area contributed by atoms with Crippen molar-refractivity contribution >= 4 is 17.5 Å². The third-order valence-corrected chi connectivity index (χ3v) is 3.33. The molecule has 120 valence electrons. The van der Waals surface area contributed by atoms with Crippen molar-refractivity contribution in [2.75, 3.05) is 24.6 Å². The Bertz CT molecular complexity index is 535. The lowest BCUT2D eigenvalue weighted by Gasteiger charge is -2.19. The fraction of sp³-hybridized carbons (Fsp3) is 0.500. The Labute approximate surface area is 130 Å². The zero-order valence-corrected chi connectivity index (χ0v) is 13.1. The van der Waals surface area contributed by atoms with E-state index in [4.69, 9.17) is 10.5 Å². The van der Waals surface area contributed by atoms with Crippen LogP contribution >= 0.6 is 0 Å². The highest BCUT2D eigenvalue weighted by Crippen LogP contribution is 2.23. The third-order valence-electron chi connectivity index (χ3n) is 3.33. The van der Waals surface area contributed by atoms with Gasteiger partial charge in [-0.1, -0.05) is 0 Å². The SMILES string of the molecule is CC(C)(N)CNC(=O)COc1ccc(N2CCCC2=O)cc1. The van der Waals surface area contributed by atoms with Crippen LogP contribution < -0.4 is 20.7 Å². The van der Waals surface area contributed by atoms with Crippen molar-refractivity contribution in [1.29, 1.82) is 0 Å². The lowest BCUT2D eigenvalue weighted by molar-refractivity contribution is -0.123. The van der Waals surface area contributed by atoms with Crippen molar-refractivity contribution in [3.8, 4) is 5.75 Å². The maximum Gasteiger partial charge on any atom is 0.258 e. The molecule has 1 fully saturated rings. The van der Waals surface area contributed by atoms with Gasteiger partial charge in [0.2, 0.25) is 5.91 Å². The van der Waals surface area contributed by atoms with Crippen LogP contribution in [0.2, 0.25) is 0 Å². The van der Waals surface area contributed by atoms with Crippen LogP contribution in [0.4, 0.5) is 5.69 Å². The average molecular weight is 305 g/mol. The Kier molecular flexibility index (Phi) is 5.03. The molecule has 3 N–H and O–H groups in total. The number of hydrogen-bond donors (Lipinski definition) is 2. The van der Waals surface area contributed by atoms with Gasteiger partial charge in [0.1, 0.15) is 5.75 Å². The molecule has 2 amide bonds. The lowest BCUT2D eigenvalue weighted by Crippen LogP contribution is -2.46. The maximum absolute atomic E-state index is 11.7. The van der Waals surface area contributed by atoms with Gasteiger partial charge < -0.3 is 20.7 Å². The number of benzene rings is 1. The summed E-state index contributed by atoms with van der Waals surface area (Å²) in [6.45, 7) is 4.78. The smallest absolute Gasteiger partial charge is 0.258 e. The van der Waals surface area contributed by atoms with Crippen LogP contribution in [-0.2, 0) is 9.59 Å². The number of hydrogen-bond acceptors (Lipinski definition) is 4.